The Hall–Kier alpha value is -1.44. The van der Waals surface area contributed by atoms with Gasteiger partial charge >= 0.3 is 0 Å². The number of nitrogens with zero attached hydrogens (tertiary/aromatic N) is 2. The van der Waals surface area contributed by atoms with Crippen molar-refractivity contribution in [3.63, 3.8) is 0 Å². The van der Waals surface area contributed by atoms with Gasteiger partial charge in [0.25, 0.3) is 0 Å². The van der Waals surface area contributed by atoms with Gasteiger partial charge in [0.2, 0.25) is 0 Å². The lowest BCUT2D eigenvalue weighted by Gasteiger charge is -2.20. The molecule has 0 fully saturated rings. The third-order valence-corrected chi connectivity index (χ3v) is 6.00. The van der Waals surface area contributed by atoms with E-state index in [0.29, 0.717) is 12.5 Å². The van der Waals surface area contributed by atoms with Crippen molar-refractivity contribution in [3.05, 3.63) is 38.5 Å². The molecule has 138 valence electrons. The number of hydrogen-bond donors (Lipinski definition) is 3. The van der Waals surface area contributed by atoms with Crippen LogP contribution in [0.15, 0.2) is 27.9 Å². The molecule has 0 amide bonds. The largest absolute Gasteiger partial charge is 0.383 e. The second kappa shape index (κ2) is 9.31. The molecule has 0 aliphatic rings. The second-order valence-electron chi connectivity index (χ2n) is 6.45. The van der Waals surface area contributed by atoms with E-state index in [2.05, 4.69) is 39.8 Å². The summed E-state index contributed by atoms with van der Waals surface area (Å²) in [7, 11) is 0. The minimum atomic E-state index is -0.947. The van der Waals surface area contributed by atoms with Gasteiger partial charge < -0.3 is 15.7 Å². The van der Waals surface area contributed by atoms with E-state index < -0.39 is 5.60 Å². The van der Waals surface area contributed by atoms with Crippen LogP contribution in [0.4, 0.5) is 0 Å². The second-order valence-corrected chi connectivity index (χ2v) is 8.29. The van der Waals surface area contributed by atoms with Crippen LogP contribution in [-0.2, 0) is 12.0 Å². The molecule has 5 nitrogen and oxygen atoms in total. The maximum Gasteiger partial charge on any atom is 0.191 e. The average molecular weight is 381 g/mol. The highest BCUT2D eigenvalue weighted by Gasteiger charge is 2.23. The number of thiophene rings is 1. The fourth-order valence-electron chi connectivity index (χ4n) is 2.25. The molecule has 0 bridgehead atoms. The maximum atomic E-state index is 10.6. The predicted molar refractivity (Wildman–Crippen MR) is 108 cm³/mol. The monoisotopic (exact) mass is 380 g/mol. The van der Waals surface area contributed by atoms with Crippen LogP contribution in [0.25, 0.3) is 0 Å². The van der Waals surface area contributed by atoms with Crippen molar-refractivity contribution in [2.45, 2.75) is 45.6 Å². The number of guanidine groups is 1. The molecular formula is C18H28N4OS2. The normalized spacial score (nSPS) is 14.6. The quantitative estimate of drug-likeness (QED) is 0.485. The number of nitrogens with one attached hydrogen (secondary N) is 2. The summed E-state index contributed by atoms with van der Waals surface area (Å²) in [5.41, 5.74) is 0.167. The third kappa shape index (κ3) is 6.09. The first-order valence-electron chi connectivity index (χ1n) is 8.65. The van der Waals surface area contributed by atoms with Gasteiger partial charge in [0.05, 0.1) is 17.2 Å². The van der Waals surface area contributed by atoms with Crippen LogP contribution >= 0.6 is 22.7 Å². The standard InChI is InChI=1S/C18H28N4OS2/c1-5-19-17(21-12-18(4,23)15-7-6-10-24-15)20-9-8-14-11-25-16(22-14)13(2)3/h6-7,10-11,13,23H,5,8-9,12H2,1-4H3,(H2,19,20,21). The molecule has 3 N–H and O–H groups in total. The third-order valence-electron chi connectivity index (χ3n) is 3.68. The lowest BCUT2D eigenvalue weighted by molar-refractivity contribution is 0.0711. The lowest BCUT2D eigenvalue weighted by Crippen LogP contribution is -2.39. The van der Waals surface area contributed by atoms with E-state index in [1.54, 1.807) is 29.6 Å². The van der Waals surface area contributed by atoms with E-state index in [0.717, 1.165) is 36.0 Å². The van der Waals surface area contributed by atoms with E-state index in [1.165, 1.54) is 5.01 Å². The first-order valence-corrected chi connectivity index (χ1v) is 10.4. The zero-order valence-corrected chi connectivity index (χ0v) is 17.0. The summed E-state index contributed by atoms with van der Waals surface area (Å²) in [6.45, 7) is 10.0. The molecule has 0 aliphatic heterocycles. The van der Waals surface area contributed by atoms with Crippen LogP contribution in [0.2, 0.25) is 0 Å². The van der Waals surface area contributed by atoms with Crippen molar-refractivity contribution >= 4 is 28.6 Å². The molecule has 2 heterocycles. The topological polar surface area (TPSA) is 69.5 Å². The summed E-state index contributed by atoms with van der Waals surface area (Å²) >= 11 is 3.27. The highest BCUT2D eigenvalue weighted by Crippen LogP contribution is 2.25. The summed E-state index contributed by atoms with van der Waals surface area (Å²) in [4.78, 5) is 10.1. The molecule has 2 rings (SSSR count). The van der Waals surface area contributed by atoms with Gasteiger partial charge in [0, 0.05) is 35.7 Å². The van der Waals surface area contributed by atoms with Gasteiger partial charge in [0.1, 0.15) is 5.60 Å². The molecule has 0 aromatic carbocycles. The van der Waals surface area contributed by atoms with E-state index in [1.807, 2.05) is 24.4 Å². The van der Waals surface area contributed by atoms with Gasteiger partial charge in [-0.25, -0.2) is 9.98 Å². The smallest absolute Gasteiger partial charge is 0.191 e. The fourth-order valence-corrected chi connectivity index (χ4v) is 3.90. The van der Waals surface area contributed by atoms with E-state index >= 15 is 0 Å². The Morgan fingerprint density at radius 3 is 2.76 bits per heavy atom. The predicted octanol–water partition coefficient (Wildman–Crippen LogP) is 3.33. The van der Waals surface area contributed by atoms with Crippen molar-refractivity contribution in [2.75, 3.05) is 19.6 Å². The highest BCUT2D eigenvalue weighted by molar-refractivity contribution is 7.10. The Balaban J connectivity index is 1.89. The number of aliphatic imine (C=N–C) groups is 1. The molecule has 2 aromatic heterocycles. The Bertz CT molecular complexity index is 662. The summed E-state index contributed by atoms with van der Waals surface area (Å²) in [6, 6.07) is 3.88. The zero-order valence-electron chi connectivity index (χ0n) is 15.4. The number of aliphatic hydroxyl groups is 1. The van der Waals surface area contributed by atoms with E-state index in [4.69, 9.17) is 0 Å². The first-order chi connectivity index (χ1) is 11.9. The zero-order chi connectivity index (χ0) is 18.3. The van der Waals surface area contributed by atoms with Crippen molar-refractivity contribution < 1.29 is 5.11 Å². The van der Waals surface area contributed by atoms with Crippen LogP contribution < -0.4 is 10.6 Å². The Kier molecular flexibility index (Phi) is 7.40. The van der Waals surface area contributed by atoms with Crippen molar-refractivity contribution in [1.82, 2.24) is 15.6 Å². The summed E-state index contributed by atoms with van der Waals surface area (Å²) < 4.78 is 0. The lowest BCUT2D eigenvalue weighted by atomic mass is 10.1. The molecule has 25 heavy (non-hydrogen) atoms. The Morgan fingerprint density at radius 1 is 1.36 bits per heavy atom. The molecule has 7 heteroatoms. The summed E-state index contributed by atoms with van der Waals surface area (Å²) in [6.07, 6.45) is 0.856. The van der Waals surface area contributed by atoms with Crippen LogP contribution in [0.5, 0.6) is 0 Å². The number of rotatable bonds is 8. The highest BCUT2D eigenvalue weighted by atomic mass is 32.1. The minimum Gasteiger partial charge on any atom is -0.383 e. The van der Waals surface area contributed by atoms with E-state index in [9.17, 15) is 5.11 Å². The molecule has 0 aliphatic carbocycles. The van der Waals surface area contributed by atoms with Gasteiger partial charge in [-0.1, -0.05) is 19.9 Å². The molecule has 0 saturated heterocycles. The Labute approximate surface area is 158 Å². The molecule has 0 radical (unpaired) electrons. The molecule has 0 spiro atoms. The number of aromatic nitrogens is 1. The van der Waals surface area contributed by atoms with Crippen LogP contribution in [0.1, 0.15) is 49.2 Å². The van der Waals surface area contributed by atoms with Gasteiger partial charge in [-0.2, -0.15) is 0 Å². The molecule has 1 unspecified atom stereocenters. The molecular weight excluding hydrogens is 352 g/mol. The van der Waals surface area contributed by atoms with Gasteiger partial charge in [-0.3, -0.25) is 0 Å². The summed E-state index contributed by atoms with van der Waals surface area (Å²) in [5, 5.41) is 22.4. The van der Waals surface area contributed by atoms with Gasteiger partial charge in [0.15, 0.2) is 5.96 Å². The number of hydrogen-bond acceptors (Lipinski definition) is 5. The Morgan fingerprint density at radius 2 is 2.16 bits per heavy atom. The van der Waals surface area contributed by atoms with Crippen molar-refractivity contribution in [2.24, 2.45) is 4.99 Å². The van der Waals surface area contributed by atoms with Crippen LogP contribution in [0, 0.1) is 0 Å². The molecule has 0 saturated carbocycles. The molecule has 2 aromatic rings. The van der Waals surface area contributed by atoms with Crippen molar-refractivity contribution in [3.8, 4) is 0 Å². The molecule has 1 atom stereocenters. The van der Waals surface area contributed by atoms with E-state index in [-0.39, 0.29) is 0 Å². The van der Waals surface area contributed by atoms with Gasteiger partial charge in [-0.15, -0.1) is 22.7 Å². The number of thiazole rings is 1. The maximum absolute atomic E-state index is 10.6. The van der Waals surface area contributed by atoms with Crippen LogP contribution in [-0.4, -0.2) is 35.7 Å². The van der Waals surface area contributed by atoms with Crippen LogP contribution in [0.3, 0.4) is 0 Å². The fraction of sp³-hybridized carbons (Fsp3) is 0.556. The minimum absolute atomic E-state index is 0.317. The summed E-state index contributed by atoms with van der Waals surface area (Å²) in [5.74, 6) is 1.20. The van der Waals surface area contributed by atoms with Crippen molar-refractivity contribution in [1.29, 1.82) is 0 Å². The van der Waals surface area contributed by atoms with Gasteiger partial charge in [-0.05, 0) is 25.3 Å². The SMILES string of the molecule is CCNC(=NCC(C)(O)c1cccs1)NCCc1csc(C(C)C)n1. The first kappa shape index (κ1) is 19.9. The average Bonchev–Trinajstić information content (AvgIpc) is 3.24.